The topological polar surface area (TPSA) is 109 Å². The number of amides is 3. The van der Waals surface area contributed by atoms with Crippen molar-refractivity contribution in [1.82, 2.24) is 25.6 Å². The van der Waals surface area contributed by atoms with Gasteiger partial charge in [0.15, 0.2) is 0 Å². The Balaban J connectivity index is 1.87. The monoisotopic (exact) mass is 312 g/mol. The van der Waals surface area contributed by atoms with E-state index in [9.17, 15) is 9.59 Å². The minimum Gasteiger partial charge on any atom is -0.325 e. The fraction of sp³-hybridized carbons (Fsp3) is 0.267. The summed E-state index contributed by atoms with van der Waals surface area (Å²) in [5, 5.41) is 7.92. The molecular weight excluding hydrogens is 296 g/mol. The molecule has 1 aliphatic heterocycles. The lowest BCUT2D eigenvalue weighted by molar-refractivity contribution is -0.121. The van der Waals surface area contributed by atoms with E-state index < -0.39 is 17.5 Å². The quantitative estimate of drug-likeness (QED) is 0.729. The average molecular weight is 312 g/mol. The van der Waals surface area contributed by atoms with E-state index in [0.29, 0.717) is 11.6 Å². The first-order valence-electron chi connectivity index (χ1n) is 7.09. The van der Waals surface area contributed by atoms with Gasteiger partial charge >= 0.3 is 6.03 Å². The summed E-state index contributed by atoms with van der Waals surface area (Å²) in [4.78, 5) is 35.9. The highest BCUT2D eigenvalue weighted by atomic mass is 16.2. The van der Waals surface area contributed by atoms with Gasteiger partial charge in [0.1, 0.15) is 6.04 Å². The highest BCUT2D eigenvalue weighted by Crippen LogP contribution is 2.28. The van der Waals surface area contributed by atoms with Crippen molar-refractivity contribution in [2.24, 2.45) is 0 Å². The molecule has 1 aliphatic rings. The summed E-state index contributed by atoms with van der Waals surface area (Å²) in [5.74, 6) is 0.0358. The van der Waals surface area contributed by atoms with Crippen LogP contribution in [0.1, 0.15) is 19.5 Å². The molecule has 8 nitrogen and oxygen atoms in total. The summed E-state index contributed by atoms with van der Waals surface area (Å²) < 4.78 is 0. The molecule has 23 heavy (non-hydrogen) atoms. The third-order valence-electron chi connectivity index (χ3n) is 3.73. The van der Waals surface area contributed by atoms with Crippen molar-refractivity contribution in [3.8, 4) is 0 Å². The van der Waals surface area contributed by atoms with Crippen LogP contribution in [0.5, 0.6) is 0 Å². The molecule has 0 radical (unpaired) electrons. The molecule has 2 aromatic heterocycles. The van der Waals surface area contributed by atoms with E-state index in [1.54, 1.807) is 30.7 Å². The van der Waals surface area contributed by atoms with E-state index in [0.717, 1.165) is 5.69 Å². The van der Waals surface area contributed by atoms with Crippen LogP contribution in [-0.4, -0.2) is 32.9 Å². The van der Waals surface area contributed by atoms with Gasteiger partial charge < -0.3 is 10.6 Å². The zero-order valence-electron chi connectivity index (χ0n) is 12.7. The van der Waals surface area contributed by atoms with E-state index >= 15 is 0 Å². The Hall–Kier alpha value is -3.03. The van der Waals surface area contributed by atoms with Crippen molar-refractivity contribution >= 4 is 23.6 Å². The van der Waals surface area contributed by atoms with Crippen LogP contribution in [0.3, 0.4) is 0 Å². The highest BCUT2D eigenvalue weighted by molar-refractivity contribution is 6.05. The zero-order chi connectivity index (χ0) is 16.4. The molecule has 1 saturated heterocycles. The second-order valence-electron chi connectivity index (χ2n) is 5.75. The molecule has 0 spiro atoms. The molecule has 2 aromatic rings. The van der Waals surface area contributed by atoms with Gasteiger partial charge in [-0.3, -0.25) is 15.1 Å². The van der Waals surface area contributed by atoms with Gasteiger partial charge in [-0.2, -0.15) is 0 Å². The minimum atomic E-state index is -0.690. The molecule has 118 valence electrons. The smallest absolute Gasteiger partial charge is 0.322 e. The maximum atomic E-state index is 11.9. The van der Waals surface area contributed by atoms with Gasteiger partial charge in [-0.15, -0.1) is 0 Å². The molecular formula is C15H16N6O2. The van der Waals surface area contributed by atoms with Gasteiger partial charge in [-0.1, -0.05) is 13.8 Å². The summed E-state index contributed by atoms with van der Waals surface area (Å²) in [6.07, 6.45) is 4.94. The standard InChI is InChI=1S/C15H16N6O2/c1-15(2,11-12(22)21-14(23)20-11)10-5-7-17-13(19-10)18-9-4-3-6-16-8-9/h3-8,11H,1-2H3,(H,17,18,19)(H2,20,21,22,23). The molecule has 1 atom stereocenters. The number of carbonyl (C=O) groups excluding carboxylic acids is 2. The normalized spacial score (nSPS) is 17.6. The first-order chi connectivity index (χ1) is 11.0. The van der Waals surface area contributed by atoms with E-state index in [-0.39, 0.29) is 5.91 Å². The van der Waals surface area contributed by atoms with Gasteiger partial charge in [-0.25, -0.2) is 14.8 Å². The lowest BCUT2D eigenvalue weighted by atomic mass is 9.81. The number of aromatic nitrogens is 3. The van der Waals surface area contributed by atoms with Gasteiger partial charge in [0.05, 0.1) is 17.6 Å². The SMILES string of the molecule is CC(C)(c1ccnc(Nc2cccnc2)n1)C1NC(=O)NC1=O. The van der Waals surface area contributed by atoms with E-state index in [1.165, 1.54) is 0 Å². The first kappa shape index (κ1) is 14.9. The first-order valence-corrected chi connectivity index (χ1v) is 7.09. The van der Waals surface area contributed by atoms with Crippen LogP contribution in [0.2, 0.25) is 0 Å². The van der Waals surface area contributed by atoms with Gasteiger partial charge in [0.2, 0.25) is 5.95 Å². The fourth-order valence-corrected chi connectivity index (χ4v) is 2.42. The lowest BCUT2D eigenvalue weighted by Crippen LogP contribution is -2.46. The van der Waals surface area contributed by atoms with Crippen molar-refractivity contribution < 1.29 is 9.59 Å². The molecule has 0 aromatic carbocycles. The molecule has 0 saturated carbocycles. The number of anilines is 2. The summed E-state index contributed by atoms with van der Waals surface area (Å²) in [6.45, 7) is 3.69. The van der Waals surface area contributed by atoms with Gasteiger partial charge in [0.25, 0.3) is 5.91 Å². The maximum absolute atomic E-state index is 11.9. The number of rotatable bonds is 4. The van der Waals surface area contributed by atoms with Gasteiger partial charge in [0, 0.05) is 17.8 Å². The second kappa shape index (κ2) is 5.64. The number of imide groups is 1. The molecule has 8 heteroatoms. The summed E-state index contributed by atoms with van der Waals surface area (Å²) in [7, 11) is 0. The molecule has 3 rings (SSSR count). The molecule has 0 bridgehead atoms. The Labute approximate surface area is 132 Å². The number of nitrogens with zero attached hydrogens (tertiary/aromatic N) is 3. The van der Waals surface area contributed by atoms with Gasteiger partial charge in [-0.05, 0) is 18.2 Å². The van der Waals surface area contributed by atoms with Crippen LogP contribution >= 0.6 is 0 Å². The van der Waals surface area contributed by atoms with E-state index in [2.05, 4.69) is 30.9 Å². The van der Waals surface area contributed by atoms with Crippen molar-refractivity contribution in [3.05, 3.63) is 42.5 Å². The maximum Gasteiger partial charge on any atom is 0.322 e. The van der Waals surface area contributed by atoms with E-state index in [1.807, 2.05) is 19.9 Å². The third kappa shape index (κ3) is 2.96. The number of nitrogens with one attached hydrogen (secondary N) is 3. The third-order valence-corrected chi connectivity index (χ3v) is 3.73. The molecule has 3 amide bonds. The molecule has 3 heterocycles. The van der Waals surface area contributed by atoms with Crippen LogP contribution in [-0.2, 0) is 10.2 Å². The molecule has 3 N–H and O–H groups in total. The number of pyridine rings is 1. The number of carbonyl (C=O) groups is 2. The molecule has 1 fully saturated rings. The van der Waals surface area contributed by atoms with Crippen molar-refractivity contribution in [3.63, 3.8) is 0 Å². The Kier molecular flexibility index (Phi) is 3.65. The predicted octanol–water partition coefficient (Wildman–Crippen LogP) is 1.10. The van der Waals surface area contributed by atoms with Crippen molar-refractivity contribution in [2.45, 2.75) is 25.3 Å². The van der Waals surface area contributed by atoms with Crippen LogP contribution in [0.4, 0.5) is 16.4 Å². The minimum absolute atomic E-state index is 0.361. The highest BCUT2D eigenvalue weighted by Gasteiger charge is 2.43. The van der Waals surface area contributed by atoms with Crippen LogP contribution in [0.15, 0.2) is 36.8 Å². The predicted molar refractivity (Wildman–Crippen MR) is 83.0 cm³/mol. The Morgan fingerprint density at radius 3 is 2.70 bits per heavy atom. The molecule has 1 unspecified atom stereocenters. The summed E-state index contributed by atoms with van der Waals surface area (Å²) >= 11 is 0. The fourth-order valence-electron chi connectivity index (χ4n) is 2.42. The largest absolute Gasteiger partial charge is 0.325 e. The average Bonchev–Trinajstić information content (AvgIpc) is 2.88. The number of hydrogen-bond donors (Lipinski definition) is 3. The Bertz CT molecular complexity index is 747. The number of hydrogen-bond acceptors (Lipinski definition) is 6. The summed E-state index contributed by atoms with van der Waals surface area (Å²) in [5.41, 5.74) is 0.709. The van der Waals surface area contributed by atoms with Crippen LogP contribution in [0, 0.1) is 0 Å². The second-order valence-corrected chi connectivity index (χ2v) is 5.75. The van der Waals surface area contributed by atoms with Crippen molar-refractivity contribution in [1.29, 1.82) is 0 Å². The molecule has 0 aliphatic carbocycles. The Morgan fingerprint density at radius 2 is 2.04 bits per heavy atom. The van der Waals surface area contributed by atoms with Crippen LogP contribution in [0.25, 0.3) is 0 Å². The van der Waals surface area contributed by atoms with E-state index in [4.69, 9.17) is 0 Å². The Morgan fingerprint density at radius 1 is 1.22 bits per heavy atom. The zero-order valence-corrected chi connectivity index (χ0v) is 12.7. The van der Waals surface area contributed by atoms with Crippen LogP contribution < -0.4 is 16.0 Å². The lowest BCUT2D eigenvalue weighted by Gasteiger charge is -2.28. The number of urea groups is 1. The van der Waals surface area contributed by atoms with Crippen molar-refractivity contribution in [2.75, 3.05) is 5.32 Å². The summed E-state index contributed by atoms with van der Waals surface area (Å²) in [6, 6.07) is 4.20.